The van der Waals surface area contributed by atoms with Crippen molar-refractivity contribution in [1.82, 2.24) is 0 Å². The van der Waals surface area contributed by atoms with Crippen LogP contribution in [0.3, 0.4) is 0 Å². The van der Waals surface area contributed by atoms with E-state index < -0.39 is 5.97 Å². The molecule has 0 aromatic heterocycles. The summed E-state index contributed by atoms with van der Waals surface area (Å²) in [5.41, 5.74) is 0.276. The standard InChI is InChI=1S/C15H19Cl3O2/c1-5-9(15(2,3)4)8-20-14(19)11-6-10(16)7-12(17)13(11)18/h6-7,9H,5,8H2,1-4H3. The Hall–Kier alpha value is -0.440. The Bertz CT molecular complexity index is 493. The molecule has 20 heavy (non-hydrogen) atoms. The summed E-state index contributed by atoms with van der Waals surface area (Å²) >= 11 is 17.8. The normalized spacial score (nSPS) is 13.2. The SMILES string of the molecule is CCC(COC(=O)c1cc(Cl)cc(Cl)c1Cl)C(C)(C)C. The maximum absolute atomic E-state index is 12.1. The van der Waals surface area contributed by atoms with Crippen LogP contribution in [0.1, 0.15) is 44.5 Å². The second kappa shape index (κ2) is 7.02. The lowest BCUT2D eigenvalue weighted by molar-refractivity contribution is 0.0324. The first-order chi connectivity index (χ1) is 9.16. The van der Waals surface area contributed by atoms with E-state index in [2.05, 4.69) is 27.7 Å². The smallest absolute Gasteiger partial charge is 0.339 e. The highest BCUT2D eigenvalue weighted by Crippen LogP contribution is 2.32. The topological polar surface area (TPSA) is 26.3 Å². The Kier molecular flexibility index (Phi) is 6.18. The van der Waals surface area contributed by atoms with E-state index in [1.807, 2.05) is 0 Å². The van der Waals surface area contributed by atoms with Crippen LogP contribution in [0.4, 0.5) is 0 Å². The van der Waals surface area contributed by atoms with Gasteiger partial charge < -0.3 is 4.74 Å². The molecule has 0 aliphatic carbocycles. The quantitative estimate of drug-likeness (QED) is 0.507. The van der Waals surface area contributed by atoms with Crippen molar-refractivity contribution < 1.29 is 9.53 Å². The van der Waals surface area contributed by atoms with E-state index in [1.54, 1.807) is 0 Å². The van der Waals surface area contributed by atoms with E-state index >= 15 is 0 Å². The van der Waals surface area contributed by atoms with Gasteiger partial charge in [0.2, 0.25) is 0 Å². The zero-order valence-corrected chi connectivity index (χ0v) is 14.4. The summed E-state index contributed by atoms with van der Waals surface area (Å²) in [5, 5.41) is 0.771. The molecule has 1 unspecified atom stereocenters. The highest BCUT2D eigenvalue weighted by molar-refractivity contribution is 6.45. The molecule has 0 spiro atoms. The molecule has 1 rings (SSSR count). The van der Waals surface area contributed by atoms with Crippen molar-refractivity contribution in [3.8, 4) is 0 Å². The molecule has 0 heterocycles. The fraction of sp³-hybridized carbons (Fsp3) is 0.533. The molecule has 1 aromatic carbocycles. The molecule has 0 aliphatic heterocycles. The van der Waals surface area contributed by atoms with E-state index in [9.17, 15) is 4.79 Å². The van der Waals surface area contributed by atoms with Crippen LogP contribution in [0.2, 0.25) is 15.1 Å². The molecule has 0 radical (unpaired) electrons. The zero-order valence-electron chi connectivity index (χ0n) is 12.1. The summed E-state index contributed by atoms with van der Waals surface area (Å²) < 4.78 is 5.36. The van der Waals surface area contributed by atoms with Crippen LogP contribution in [0.25, 0.3) is 0 Å². The van der Waals surface area contributed by atoms with Crippen LogP contribution < -0.4 is 0 Å². The van der Waals surface area contributed by atoms with Gasteiger partial charge in [0.25, 0.3) is 0 Å². The van der Waals surface area contributed by atoms with Gasteiger partial charge in [-0.2, -0.15) is 0 Å². The monoisotopic (exact) mass is 336 g/mol. The first-order valence-electron chi connectivity index (χ1n) is 6.48. The summed E-state index contributed by atoms with van der Waals surface area (Å²) in [5.74, 6) is -0.220. The number of carbonyl (C=O) groups is 1. The van der Waals surface area contributed by atoms with Crippen LogP contribution >= 0.6 is 34.8 Å². The van der Waals surface area contributed by atoms with Crippen molar-refractivity contribution in [2.45, 2.75) is 34.1 Å². The number of rotatable bonds is 4. The number of benzene rings is 1. The first kappa shape index (κ1) is 17.6. The minimum absolute atomic E-state index is 0.0742. The fourth-order valence-corrected chi connectivity index (χ4v) is 2.62. The molecule has 0 N–H and O–H groups in total. The van der Waals surface area contributed by atoms with Crippen LogP contribution in [0.15, 0.2) is 12.1 Å². The number of ether oxygens (including phenoxy) is 1. The number of halogens is 3. The van der Waals surface area contributed by atoms with Gasteiger partial charge in [-0.3, -0.25) is 0 Å². The second-order valence-electron chi connectivity index (χ2n) is 5.82. The van der Waals surface area contributed by atoms with Gasteiger partial charge >= 0.3 is 5.97 Å². The number of hydrogen-bond acceptors (Lipinski definition) is 2. The predicted molar refractivity (Wildman–Crippen MR) is 85.0 cm³/mol. The third-order valence-electron chi connectivity index (χ3n) is 3.35. The van der Waals surface area contributed by atoms with Crippen molar-refractivity contribution in [2.75, 3.05) is 6.61 Å². The first-order valence-corrected chi connectivity index (χ1v) is 7.61. The maximum Gasteiger partial charge on any atom is 0.339 e. The zero-order chi connectivity index (χ0) is 15.5. The average Bonchev–Trinajstić information content (AvgIpc) is 2.32. The molecule has 0 saturated heterocycles. The van der Waals surface area contributed by atoms with Gasteiger partial charge in [-0.15, -0.1) is 0 Å². The maximum atomic E-state index is 12.1. The van der Waals surface area contributed by atoms with Crippen molar-refractivity contribution in [3.63, 3.8) is 0 Å². The molecule has 112 valence electrons. The summed E-state index contributed by atoms with van der Waals surface area (Å²) in [7, 11) is 0. The van der Waals surface area contributed by atoms with Crippen LogP contribution in [0.5, 0.6) is 0 Å². The largest absolute Gasteiger partial charge is 0.462 e. The van der Waals surface area contributed by atoms with Gasteiger partial charge in [-0.25, -0.2) is 4.79 Å². The Morgan fingerprint density at radius 3 is 2.35 bits per heavy atom. The number of carbonyl (C=O) groups excluding carboxylic acids is 1. The Morgan fingerprint density at radius 1 is 1.25 bits per heavy atom. The van der Waals surface area contributed by atoms with Crippen LogP contribution in [-0.4, -0.2) is 12.6 Å². The Labute approximate surface area is 135 Å². The molecule has 0 aliphatic rings. The summed E-state index contributed by atoms with van der Waals surface area (Å²) in [6, 6.07) is 2.96. The van der Waals surface area contributed by atoms with Crippen molar-refractivity contribution in [2.24, 2.45) is 11.3 Å². The van der Waals surface area contributed by atoms with Crippen molar-refractivity contribution >= 4 is 40.8 Å². The van der Waals surface area contributed by atoms with E-state index in [0.717, 1.165) is 6.42 Å². The molecule has 1 atom stereocenters. The van der Waals surface area contributed by atoms with Gasteiger partial charge in [0.1, 0.15) is 0 Å². The van der Waals surface area contributed by atoms with Gasteiger partial charge in [0, 0.05) is 5.02 Å². The van der Waals surface area contributed by atoms with E-state index in [1.165, 1.54) is 12.1 Å². The van der Waals surface area contributed by atoms with Crippen molar-refractivity contribution in [1.29, 1.82) is 0 Å². The third-order valence-corrected chi connectivity index (χ3v) is 4.37. The minimum Gasteiger partial charge on any atom is -0.462 e. The lowest BCUT2D eigenvalue weighted by Gasteiger charge is -2.29. The van der Waals surface area contributed by atoms with Crippen LogP contribution in [0, 0.1) is 11.3 Å². The molecule has 0 amide bonds. The van der Waals surface area contributed by atoms with Gasteiger partial charge in [0.05, 0.1) is 22.2 Å². The van der Waals surface area contributed by atoms with Gasteiger partial charge in [0.15, 0.2) is 0 Å². The molecule has 5 heteroatoms. The molecule has 0 fully saturated rings. The van der Waals surface area contributed by atoms with E-state index in [0.29, 0.717) is 11.6 Å². The Balaban J connectivity index is 2.83. The minimum atomic E-state index is -0.498. The highest BCUT2D eigenvalue weighted by Gasteiger charge is 2.25. The lowest BCUT2D eigenvalue weighted by Crippen LogP contribution is -2.26. The molecule has 0 saturated carbocycles. The molecule has 1 aromatic rings. The Morgan fingerprint density at radius 2 is 1.85 bits per heavy atom. The van der Waals surface area contributed by atoms with Crippen LogP contribution in [-0.2, 0) is 4.74 Å². The third kappa shape index (κ3) is 4.54. The van der Waals surface area contributed by atoms with E-state index in [-0.39, 0.29) is 26.9 Å². The average molecular weight is 338 g/mol. The molecular weight excluding hydrogens is 319 g/mol. The molecular formula is C15H19Cl3O2. The van der Waals surface area contributed by atoms with E-state index in [4.69, 9.17) is 39.5 Å². The predicted octanol–water partition coefficient (Wildman–Crippen LogP) is 5.88. The molecule has 2 nitrogen and oxygen atoms in total. The fourth-order valence-electron chi connectivity index (χ4n) is 1.94. The number of esters is 1. The molecule has 0 bridgehead atoms. The summed E-state index contributed by atoms with van der Waals surface area (Å²) in [4.78, 5) is 12.1. The number of hydrogen-bond donors (Lipinski definition) is 0. The second-order valence-corrected chi connectivity index (χ2v) is 7.04. The highest BCUT2D eigenvalue weighted by atomic mass is 35.5. The summed E-state index contributed by atoms with van der Waals surface area (Å²) in [6.07, 6.45) is 0.931. The van der Waals surface area contributed by atoms with Gasteiger partial charge in [-0.1, -0.05) is 62.5 Å². The lowest BCUT2D eigenvalue weighted by atomic mass is 9.80. The summed E-state index contributed by atoms with van der Waals surface area (Å²) in [6.45, 7) is 8.79. The van der Waals surface area contributed by atoms with Crippen molar-refractivity contribution in [3.05, 3.63) is 32.8 Å². The van der Waals surface area contributed by atoms with Gasteiger partial charge in [-0.05, 0) is 29.9 Å².